The van der Waals surface area contributed by atoms with Crippen LogP contribution in [0.4, 0.5) is 19.0 Å². The van der Waals surface area contributed by atoms with Crippen LogP contribution < -0.4 is 10.6 Å². The van der Waals surface area contributed by atoms with Crippen LogP contribution in [-0.4, -0.2) is 21.9 Å². The highest BCUT2D eigenvalue weighted by Gasteiger charge is 2.46. The SMILES string of the molecule is CCc1ccc([C@H]2C[C@@H](C(F)(F)F)n3ncc(CC(=O)NCc4ccoc4)c3N2)cc1. The third-order valence-electron chi connectivity index (χ3n) is 5.53. The highest BCUT2D eigenvalue weighted by Crippen LogP contribution is 2.44. The lowest BCUT2D eigenvalue weighted by Gasteiger charge is -2.34. The second kappa shape index (κ2) is 8.49. The number of aryl methyl sites for hydroxylation is 1. The number of hydrogen-bond donors (Lipinski definition) is 2. The largest absolute Gasteiger partial charge is 0.472 e. The van der Waals surface area contributed by atoms with Crippen LogP contribution in [0.2, 0.25) is 0 Å². The molecule has 0 bridgehead atoms. The molecule has 2 atom stereocenters. The number of carbonyl (C=O) groups is 1. The maximum absolute atomic E-state index is 13.8. The minimum Gasteiger partial charge on any atom is -0.472 e. The third-order valence-corrected chi connectivity index (χ3v) is 5.53. The van der Waals surface area contributed by atoms with E-state index in [1.807, 2.05) is 31.2 Å². The Hall–Kier alpha value is -3.23. The van der Waals surface area contributed by atoms with Gasteiger partial charge in [0.05, 0.1) is 31.2 Å². The first-order valence-corrected chi connectivity index (χ1v) is 10.1. The summed E-state index contributed by atoms with van der Waals surface area (Å²) >= 11 is 0. The van der Waals surface area contributed by atoms with E-state index in [1.54, 1.807) is 6.07 Å². The van der Waals surface area contributed by atoms with Crippen LogP contribution in [0.1, 0.15) is 47.7 Å². The number of aromatic nitrogens is 2. The fourth-order valence-corrected chi connectivity index (χ4v) is 3.78. The topological polar surface area (TPSA) is 72.1 Å². The molecule has 0 fully saturated rings. The molecule has 3 heterocycles. The van der Waals surface area contributed by atoms with Crippen molar-refractivity contribution in [1.82, 2.24) is 15.1 Å². The van der Waals surface area contributed by atoms with E-state index in [4.69, 9.17) is 4.42 Å². The van der Waals surface area contributed by atoms with Crippen molar-refractivity contribution in [2.45, 2.75) is 51.0 Å². The van der Waals surface area contributed by atoms with E-state index in [2.05, 4.69) is 15.7 Å². The summed E-state index contributed by atoms with van der Waals surface area (Å²) in [5, 5.41) is 9.89. The Balaban J connectivity index is 1.56. The molecule has 1 aliphatic heterocycles. The smallest absolute Gasteiger partial charge is 0.410 e. The molecule has 0 saturated carbocycles. The van der Waals surface area contributed by atoms with E-state index in [0.29, 0.717) is 5.56 Å². The van der Waals surface area contributed by atoms with E-state index in [1.165, 1.54) is 18.7 Å². The minimum absolute atomic E-state index is 0.0771. The highest BCUT2D eigenvalue weighted by atomic mass is 19.4. The molecule has 6 nitrogen and oxygen atoms in total. The molecular formula is C22H23F3N4O2. The fourth-order valence-electron chi connectivity index (χ4n) is 3.78. The van der Waals surface area contributed by atoms with Crippen LogP contribution in [0, 0.1) is 0 Å². The first-order valence-electron chi connectivity index (χ1n) is 10.1. The normalized spacial score (nSPS) is 18.3. The molecule has 3 aromatic rings. The number of hydrogen-bond acceptors (Lipinski definition) is 4. The lowest BCUT2D eigenvalue weighted by atomic mass is 9.95. The number of fused-ring (bicyclic) bond motifs is 1. The number of nitrogens with one attached hydrogen (secondary N) is 2. The van der Waals surface area contributed by atoms with E-state index >= 15 is 0 Å². The van der Waals surface area contributed by atoms with Gasteiger partial charge in [0.25, 0.3) is 0 Å². The van der Waals surface area contributed by atoms with Crippen LogP contribution >= 0.6 is 0 Å². The number of carbonyl (C=O) groups excluding carboxylic acids is 1. The van der Waals surface area contributed by atoms with Crippen LogP contribution in [0.5, 0.6) is 0 Å². The van der Waals surface area contributed by atoms with E-state index in [-0.39, 0.29) is 31.1 Å². The second-order valence-electron chi connectivity index (χ2n) is 7.63. The summed E-state index contributed by atoms with van der Waals surface area (Å²) < 4.78 is 47.3. The van der Waals surface area contributed by atoms with Crippen molar-refractivity contribution in [3.63, 3.8) is 0 Å². The van der Waals surface area contributed by atoms with Crippen molar-refractivity contribution in [2.75, 3.05) is 5.32 Å². The van der Waals surface area contributed by atoms with Crippen molar-refractivity contribution >= 4 is 11.7 Å². The first-order chi connectivity index (χ1) is 14.8. The summed E-state index contributed by atoms with van der Waals surface area (Å²) in [6, 6.07) is 7.00. The predicted molar refractivity (Wildman–Crippen MR) is 108 cm³/mol. The van der Waals surface area contributed by atoms with Gasteiger partial charge in [-0.2, -0.15) is 18.3 Å². The van der Waals surface area contributed by atoms with Gasteiger partial charge in [-0.3, -0.25) is 4.79 Å². The Kier molecular flexibility index (Phi) is 5.75. The number of benzene rings is 1. The Morgan fingerprint density at radius 1 is 1.26 bits per heavy atom. The zero-order valence-corrected chi connectivity index (χ0v) is 16.9. The zero-order chi connectivity index (χ0) is 22.0. The fraction of sp³-hybridized carbons (Fsp3) is 0.364. The van der Waals surface area contributed by atoms with Gasteiger partial charge in [-0.1, -0.05) is 31.2 Å². The van der Waals surface area contributed by atoms with Gasteiger partial charge in [0.15, 0.2) is 6.04 Å². The molecule has 164 valence electrons. The lowest BCUT2D eigenvalue weighted by molar-refractivity contribution is -0.173. The number of rotatable bonds is 6. The minimum atomic E-state index is -4.45. The highest BCUT2D eigenvalue weighted by molar-refractivity contribution is 5.80. The van der Waals surface area contributed by atoms with E-state index in [9.17, 15) is 18.0 Å². The first kappa shape index (κ1) is 21.0. The molecule has 31 heavy (non-hydrogen) atoms. The van der Waals surface area contributed by atoms with Crippen LogP contribution in [0.15, 0.2) is 53.5 Å². The predicted octanol–water partition coefficient (Wildman–Crippen LogP) is 4.56. The molecular weight excluding hydrogens is 409 g/mol. The van der Waals surface area contributed by atoms with Gasteiger partial charge in [0.1, 0.15) is 5.82 Å². The van der Waals surface area contributed by atoms with Crippen molar-refractivity contribution in [1.29, 1.82) is 0 Å². The zero-order valence-electron chi connectivity index (χ0n) is 16.9. The van der Waals surface area contributed by atoms with Crippen LogP contribution in [0.25, 0.3) is 0 Å². The van der Waals surface area contributed by atoms with Gasteiger partial charge in [0.2, 0.25) is 5.91 Å². The van der Waals surface area contributed by atoms with Gasteiger partial charge in [0, 0.05) is 24.1 Å². The molecule has 1 amide bonds. The van der Waals surface area contributed by atoms with Gasteiger partial charge in [-0.15, -0.1) is 0 Å². The number of alkyl halides is 3. The standard InChI is InChI=1S/C22H23F3N4O2/c1-2-14-3-5-16(6-4-14)18-10-19(22(23,24)25)29-21(28-18)17(12-27-29)9-20(30)26-11-15-7-8-31-13-15/h3-8,12-13,18-19,28H,2,9-11H2,1H3,(H,26,30)/t18-,19+/m1/s1. The summed E-state index contributed by atoms with van der Waals surface area (Å²) in [5.74, 6) is -0.0756. The Bertz CT molecular complexity index is 1030. The molecule has 2 aromatic heterocycles. The summed E-state index contributed by atoms with van der Waals surface area (Å²) in [6.07, 6.45) is 0.513. The summed E-state index contributed by atoms with van der Waals surface area (Å²) in [4.78, 5) is 12.4. The number of amides is 1. The second-order valence-corrected chi connectivity index (χ2v) is 7.63. The molecule has 9 heteroatoms. The monoisotopic (exact) mass is 432 g/mol. The molecule has 4 rings (SSSR count). The van der Waals surface area contributed by atoms with Gasteiger partial charge in [-0.05, 0) is 23.6 Å². The third kappa shape index (κ3) is 4.60. The van der Waals surface area contributed by atoms with Crippen LogP contribution in [0.3, 0.4) is 0 Å². The van der Waals surface area contributed by atoms with Crippen molar-refractivity contribution < 1.29 is 22.4 Å². The van der Waals surface area contributed by atoms with Crippen molar-refractivity contribution in [2.24, 2.45) is 0 Å². The number of anilines is 1. The molecule has 1 aromatic carbocycles. The average molecular weight is 432 g/mol. The molecule has 0 radical (unpaired) electrons. The summed E-state index contributed by atoms with van der Waals surface area (Å²) in [5.41, 5.74) is 3.12. The molecule has 0 aliphatic carbocycles. The molecule has 0 spiro atoms. The maximum atomic E-state index is 13.8. The number of halogens is 3. The van der Waals surface area contributed by atoms with Crippen molar-refractivity contribution in [3.05, 3.63) is 71.3 Å². The summed E-state index contributed by atoms with van der Waals surface area (Å²) in [6.45, 7) is 2.31. The van der Waals surface area contributed by atoms with Crippen molar-refractivity contribution in [3.8, 4) is 0 Å². The summed E-state index contributed by atoms with van der Waals surface area (Å²) in [7, 11) is 0. The van der Waals surface area contributed by atoms with Gasteiger partial charge >= 0.3 is 6.18 Å². The Labute approximate surface area is 177 Å². The van der Waals surface area contributed by atoms with Gasteiger partial charge < -0.3 is 15.1 Å². The molecule has 2 N–H and O–H groups in total. The Morgan fingerprint density at radius 2 is 2.03 bits per heavy atom. The van der Waals surface area contributed by atoms with Gasteiger partial charge in [-0.25, -0.2) is 4.68 Å². The lowest BCUT2D eigenvalue weighted by Crippen LogP contribution is -2.36. The maximum Gasteiger partial charge on any atom is 0.410 e. The Morgan fingerprint density at radius 3 is 2.68 bits per heavy atom. The van der Waals surface area contributed by atoms with E-state index < -0.39 is 18.3 Å². The quantitative estimate of drug-likeness (QED) is 0.599. The number of furan rings is 1. The molecule has 1 aliphatic rings. The molecule has 0 saturated heterocycles. The average Bonchev–Trinajstić information content (AvgIpc) is 3.41. The van der Waals surface area contributed by atoms with Crippen LogP contribution in [-0.2, 0) is 24.2 Å². The molecule has 0 unspecified atom stereocenters. The number of nitrogens with zero attached hydrogens (tertiary/aromatic N) is 2. The van der Waals surface area contributed by atoms with E-state index in [0.717, 1.165) is 27.8 Å².